The van der Waals surface area contributed by atoms with Gasteiger partial charge in [-0.3, -0.25) is 9.36 Å². The van der Waals surface area contributed by atoms with Crippen molar-refractivity contribution in [3.63, 3.8) is 0 Å². The highest BCUT2D eigenvalue weighted by Gasteiger charge is 2.16. The number of aliphatic hydroxyl groups is 1. The summed E-state index contributed by atoms with van der Waals surface area (Å²) in [5.41, 5.74) is 2.46. The van der Waals surface area contributed by atoms with Gasteiger partial charge in [-0.15, -0.1) is 0 Å². The van der Waals surface area contributed by atoms with Gasteiger partial charge in [-0.25, -0.2) is 14.4 Å². The lowest BCUT2D eigenvalue weighted by atomic mass is 10.2. The summed E-state index contributed by atoms with van der Waals surface area (Å²) in [7, 11) is 1.81. The van der Waals surface area contributed by atoms with Gasteiger partial charge in [-0.05, 0) is 5.56 Å². The van der Waals surface area contributed by atoms with Gasteiger partial charge in [-0.1, -0.05) is 30.3 Å². The van der Waals surface area contributed by atoms with Gasteiger partial charge in [0, 0.05) is 19.8 Å². The smallest absolute Gasteiger partial charge is 0.285 e. The number of fused-ring (bicyclic) bond motifs is 2. The van der Waals surface area contributed by atoms with E-state index in [4.69, 9.17) is 0 Å². The number of hydrogen-bond acceptors (Lipinski definition) is 4. The normalized spacial score (nSPS) is 11.6. The number of hydrogen-bond donors (Lipinski definition) is 1. The molecular weight excluding hydrogens is 294 g/mol. The van der Waals surface area contributed by atoms with Crippen LogP contribution >= 0.6 is 0 Å². The molecule has 7 nitrogen and oxygen atoms in total. The number of aryl methyl sites for hydroxylation is 1. The minimum Gasteiger partial charge on any atom is -0.390 e. The molecule has 1 aromatic carbocycles. The first-order valence-corrected chi connectivity index (χ1v) is 7.25. The Morgan fingerprint density at radius 2 is 2.00 bits per heavy atom. The Balaban J connectivity index is 1.97. The fourth-order valence-electron chi connectivity index (χ4n) is 2.82. The second-order valence-electron chi connectivity index (χ2n) is 5.45. The van der Waals surface area contributed by atoms with Crippen LogP contribution in [0.2, 0.25) is 0 Å². The Labute approximate surface area is 131 Å². The summed E-state index contributed by atoms with van der Waals surface area (Å²) < 4.78 is 5.06. The summed E-state index contributed by atoms with van der Waals surface area (Å²) in [5, 5.41) is 9.25. The number of aliphatic hydroxyl groups excluding tert-OH is 1. The van der Waals surface area contributed by atoms with Crippen LogP contribution in [0.5, 0.6) is 0 Å². The number of imidazole rings is 2. The molecule has 0 aliphatic carbocycles. The standard InChI is InChI=1S/C16H15N5O2/c1-19-14-13(15(23)21-8-12(9-22)18-16(19)21)20(10-17-14)7-11-5-3-2-4-6-11/h2-6,8,10,22H,7,9H2,1H3. The van der Waals surface area contributed by atoms with Gasteiger partial charge < -0.3 is 9.67 Å². The molecule has 0 bridgehead atoms. The topological polar surface area (TPSA) is 77.4 Å². The highest BCUT2D eigenvalue weighted by atomic mass is 16.3. The van der Waals surface area contributed by atoms with Gasteiger partial charge in [0.15, 0.2) is 11.2 Å². The van der Waals surface area contributed by atoms with E-state index in [-0.39, 0.29) is 12.2 Å². The molecule has 0 saturated carbocycles. The lowest BCUT2D eigenvalue weighted by Gasteiger charge is -2.06. The SMILES string of the molecule is Cn1c2ncn(Cc3ccccc3)c2c(=O)n2cc(CO)nc12. The van der Waals surface area contributed by atoms with E-state index in [1.54, 1.807) is 17.1 Å². The molecule has 0 aliphatic heterocycles. The van der Waals surface area contributed by atoms with Gasteiger partial charge in [0.1, 0.15) is 0 Å². The molecule has 23 heavy (non-hydrogen) atoms. The quantitative estimate of drug-likeness (QED) is 0.610. The Morgan fingerprint density at radius 1 is 1.22 bits per heavy atom. The lowest BCUT2D eigenvalue weighted by molar-refractivity contribution is 0.277. The Morgan fingerprint density at radius 3 is 2.74 bits per heavy atom. The summed E-state index contributed by atoms with van der Waals surface area (Å²) in [6.45, 7) is 0.364. The lowest BCUT2D eigenvalue weighted by Crippen LogP contribution is -2.19. The zero-order valence-electron chi connectivity index (χ0n) is 12.5. The first kappa shape index (κ1) is 13.7. The molecule has 116 valence electrons. The Bertz CT molecular complexity index is 1060. The van der Waals surface area contributed by atoms with E-state index in [1.807, 2.05) is 41.9 Å². The first-order valence-electron chi connectivity index (χ1n) is 7.25. The van der Waals surface area contributed by atoms with Crippen LogP contribution in [0, 0.1) is 0 Å². The third kappa shape index (κ3) is 2.05. The van der Waals surface area contributed by atoms with E-state index in [9.17, 15) is 9.90 Å². The van der Waals surface area contributed by atoms with Crippen LogP contribution in [-0.4, -0.2) is 28.6 Å². The van der Waals surface area contributed by atoms with Crippen LogP contribution in [0.3, 0.4) is 0 Å². The van der Waals surface area contributed by atoms with Crippen molar-refractivity contribution in [1.82, 2.24) is 23.5 Å². The van der Waals surface area contributed by atoms with Crippen molar-refractivity contribution < 1.29 is 5.11 Å². The maximum atomic E-state index is 12.8. The fourth-order valence-corrected chi connectivity index (χ4v) is 2.82. The van der Waals surface area contributed by atoms with Crippen molar-refractivity contribution in [1.29, 1.82) is 0 Å². The highest BCUT2D eigenvalue weighted by Crippen LogP contribution is 2.14. The predicted octanol–water partition coefficient (Wildman–Crippen LogP) is 0.923. The molecular formula is C16H15N5O2. The van der Waals surface area contributed by atoms with Crippen molar-refractivity contribution in [2.45, 2.75) is 13.2 Å². The van der Waals surface area contributed by atoms with Crippen LogP contribution in [0.1, 0.15) is 11.3 Å². The van der Waals surface area contributed by atoms with Crippen LogP contribution in [0.25, 0.3) is 16.9 Å². The minimum absolute atomic E-state index is 0.186. The largest absolute Gasteiger partial charge is 0.390 e. The van der Waals surface area contributed by atoms with Crippen molar-refractivity contribution in [3.05, 3.63) is 64.5 Å². The summed E-state index contributed by atoms with van der Waals surface area (Å²) in [5.74, 6) is 0.469. The van der Waals surface area contributed by atoms with Crippen LogP contribution in [0.4, 0.5) is 0 Å². The van der Waals surface area contributed by atoms with E-state index in [1.165, 1.54) is 4.40 Å². The number of benzene rings is 1. The zero-order valence-corrected chi connectivity index (χ0v) is 12.5. The molecule has 0 saturated heterocycles. The summed E-state index contributed by atoms with van der Waals surface area (Å²) in [6, 6.07) is 9.91. The molecule has 1 N–H and O–H groups in total. The minimum atomic E-state index is -0.206. The van der Waals surface area contributed by atoms with Crippen LogP contribution < -0.4 is 5.56 Å². The average Bonchev–Trinajstić information content (AvgIpc) is 3.18. The molecule has 3 aromatic heterocycles. The third-order valence-electron chi connectivity index (χ3n) is 3.95. The van der Waals surface area contributed by atoms with Crippen molar-refractivity contribution in [3.8, 4) is 0 Å². The molecule has 4 aromatic rings. The van der Waals surface area contributed by atoms with Crippen LogP contribution in [0.15, 0.2) is 47.7 Å². The highest BCUT2D eigenvalue weighted by molar-refractivity contribution is 5.73. The molecule has 4 rings (SSSR count). The molecule has 0 unspecified atom stereocenters. The molecule has 0 aliphatic rings. The van der Waals surface area contributed by atoms with E-state index >= 15 is 0 Å². The Kier molecular flexibility index (Phi) is 3.02. The summed E-state index contributed by atoms with van der Waals surface area (Å²) in [4.78, 5) is 21.4. The van der Waals surface area contributed by atoms with E-state index in [0.29, 0.717) is 29.2 Å². The van der Waals surface area contributed by atoms with Crippen molar-refractivity contribution in [2.24, 2.45) is 7.05 Å². The first-order chi connectivity index (χ1) is 11.2. The maximum absolute atomic E-state index is 12.8. The van der Waals surface area contributed by atoms with Gasteiger partial charge in [-0.2, -0.15) is 0 Å². The molecule has 0 amide bonds. The van der Waals surface area contributed by atoms with Gasteiger partial charge >= 0.3 is 0 Å². The molecule has 0 atom stereocenters. The predicted molar refractivity (Wildman–Crippen MR) is 85.2 cm³/mol. The Hall–Kier alpha value is -2.93. The molecule has 0 spiro atoms. The van der Waals surface area contributed by atoms with Crippen molar-refractivity contribution in [2.75, 3.05) is 0 Å². The van der Waals surface area contributed by atoms with E-state index in [0.717, 1.165) is 5.56 Å². The second-order valence-corrected chi connectivity index (χ2v) is 5.45. The van der Waals surface area contributed by atoms with Gasteiger partial charge in [0.25, 0.3) is 5.56 Å². The van der Waals surface area contributed by atoms with Crippen molar-refractivity contribution >= 4 is 16.9 Å². The average molecular weight is 309 g/mol. The molecule has 3 heterocycles. The van der Waals surface area contributed by atoms with Gasteiger partial charge in [0.05, 0.1) is 18.6 Å². The van der Waals surface area contributed by atoms with E-state index in [2.05, 4.69) is 9.97 Å². The van der Waals surface area contributed by atoms with Gasteiger partial charge in [0.2, 0.25) is 5.78 Å². The third-order valence-corrected chi connectivity index (χ3v) is 3.95. The maximum Gasteiger partial charge on any atom is 0.285 e. The number of nitrogens with zero attached hydrogens (tertiary/aromatic N) is 5. The second kappa shape index (κ2) is 5.06. The summed E-state index contributed by atoms with van der Waals surface area (Å²) in [6.07, 6.45) is 3.24. The monoisotopic (exact) mass is 309 g/mol. The molecule has 7 heteroatoms. The fraction of sp³-hybridized carbons (Fsp3) is 0.188. The van der Waals surface area contributed by atoms with E-state index < -0.39 is 0 Å². The molecule has 0 fully saturated rings. The van der Waals surface area contributed by atoms with Crippen LogP contribution in [-0.2, 0) is 20.2 Å². The summed E-state index contributed by atoms with van der Waals surface area (Å²) >= 11 is 0. The zero-order chi connectivity index (χ0) is 16.0. The number of rotatable bonds is 3. The molecule has 0 radical (unpaired) electrons. The number of aromatic nitrogens is 5.